The van der Waals surface area contributed by atoms with E-state index in [9.17, 15) is 30.8 Å². The minimum absolute atomic E-state index is 0. The quantitative estimate of drug-likeness (QED) is 0.342. The van der Waals surface area contributed by atoms with Crippen LogP contribution in [0.4, 0.5) is 17.6 Å². The average molecular weight is 560 g/mol. The Hall–Kier alpha value is -3.74. The number of halogens is 4. The molecule has 0 fully saturated rings. The maximum Gasteiger partial charge on any atom is 0.425 e. The van der Waals surface area contributed by atoms with Crippen LogP contribution in [0, 0.1) is 18.7 Å². The van der Waals surface area contributed by atoms with Crippen LogP contribution in [-0.2, 0) is 10.0 Å². The maximum absolute atomic E-state index is 14.3. The van der Waals surface area contributed by atoms with Gasteiger partial charge in [-0.3, -0.25) is 4.79 Å². The largest absolute Gasteiger partial charge is 0.493 e. The molecule has 0 saturated heterocycles. The molecule has 1 N–H and O–H groups in total. The molecule has 0 spiro atoms. The van der Waals surface area contributed by atoms with E-state index in [1.165, 1.54) is 18.2 Å². The zero-order valence-electron chi connectivity index (χ0n) is 20.8. The number of carbonyl (C=O) groups is 1. The number of carbonyl (C=O) groups excluding carboxylic acids is 1. The number of nitrogens with zero attached hydrogens (tertiary/aromatic N) is 2. The van der Waals surface area contributed by atoms with Gasteiger partial charge in [-0.05, 0) is 56.2 Å². The van der Waals surface area contributed by atoms with E-state index < -0.39 is 50.5 Å². The number of aryl methyl sites for hydroxylation is 1. The lowest BCUT2D eigenvalue weighted by atomic mass is 10.1. The van der Waals surface area contributed by atoms with Gasteiger partial charge < -0.3 is 9.47 Å². The summed E-state index contributed by atoms with van der Waals surface area (Å²) in [7, 11) is -4.47. The molecule has 3 aromatic rings. The van der Waals surface area contributed by atoms with Crippen molar-refractivity contribution in [2.75, 3.05) is 6.61 Å². The van der Waals surface area contributed by atoms with E-state index in [2.05, 4.69) is 9.97 Å². The highest BCUT2D eigenvalue weighted by molar-refractivity contribution is 7.90. The number of ether oxygens (including phenoxy) is 2. The molecule has 2 heterocycles. The highest BCUT2D eigenvalue weighted by atomic mass is 32.2. The van der Waals surface area contributed by atoms with Gasteiger partial charge in [0.05, 0.1) is 12.3 Å². The van der Waals surface area contributed by atoms with Crippen LogP contribution >= 0.6 is 0 Å². The third kappa shape index (κ3) is 7.40. The van der Waals surface area contributed by atoms with Crippen molar-refractivity contribution >= 4 is 15.9 Å². The summed E-state index contributed by atoms with van der Waals surface area (Å²) in [6.45, 7) is 6.32. The number of nitrogens with one attached hydrogen (secondary N) is 1. The lowest BCUT2D eigenvalue weighted by Crippen LogP contribution is -2.34. The molecule has 0 bridgehead atoms. The van der Waals surface area contributed by atoms with Gasteiger partial charge in [-0.25, -0.2) is 19.1 Å². The second kappa shape index (κ2) is 11.3. The standard InChI is InChI=1S/C25H25F4N3O5S.2H2/c1-14(2)13-36-19-11-17(10-18(26)12-19)21-9-8-20(24(31-21)37-16(4)25(27,28)29)23(33)32-38(34,35)22-7-5-6-15(3)30-22;;/h5-12,14,16H,13H2,1-4H3,(H,32,33);2*1H. The van der Waals surface area contributed by atoms with Crippen molar-refractivity contribution in [2.45, 2.75) is 45.0 Å². The Bertz CT molecular complexity index is 1440. The second-order valence-electron chi connectivity index (χ2n) is 8.78. The van der Waals surface area contributed by atoms with E-state index in [-0.39, 0.29) is 32.4 Å². The van der Waals surface area contributed by atoms with Crippen molar-refractivity contribution in [1.29, 1.82) is 0 Å². The van der Waals surface area contributed by atoms with Crippen molar-refractivity contribution < 1.29 is 43.1 Å². The molecule has 3 rings (SSSR count). The smallest absolute Gasteiger partial charge is 0.425 e. The van der Waals surface area contributed by atoms with E-state index >= 15 is 0 Å². The van der Waals surface area contributed by atoms with Gasteiger partial charge in [0.25, 0.3) is 15.9 Å². The lowest BCUT2D eigenvalue weighted by Gasteiger charge is -2.19. The molecule has 0 saturated carbocycles. The van der Waals surface area contributed by atoms with Crippen LogP contribution in [-0.4, -0.2) is 43.2 Å². The number of sulfonamides is 1. The van der Waals surface area contributed by atoms with Gasteiger partial charge in [0.1, 0.15) is 17.1 Å². The monoisotopic (exact) mass is 559 g/mol. The Morgan fingerprint density at radius 2 is 1.79 bits per heavy atom. The highest BCUT2D eigenvalue weighted by Crippen LogP contribution is 2.31. The summed E-state index contributed by atoms with van der Waals surface area (Å²) in [6, 6.07) is 10.0. The van der Waals surface area contributed by atoms with Gasteiger partial charge in [0.2, 0.25) is 5.88 Å². The van der Waals surface area contributed by atoms with Gasteiger partial charge in [0, 0.05) is 20.2 Å². The van der Waals surface area contributed by atoms with Crippen LogP contribution in [0.25, 0.3) is 11.3 Å². The fraction of sp³-hybridized carbons (Fsp3) is 0.320. The van der Waals surface area contributed by atoms with Crippen molar-refractivity contribution in [2.24, 2.45) is 5.92 Å². The average Bonchev–Trinajstić information content (AvgIpc) is 2.81. The van der Waals surface area contributed by atoms with Gasteiger partial charge in [-0.2, -0.15) is 21.6 Å². The maximum atomic E-state index is 14.3. The minimum Gasteiger partial charge on any atom is -0.493 e. The van der Waals surface area contributed by atoms with Crippen LogP contribution in [0.15, 0.2) is 53.6 Å². The molecule has 1 unspecified atom stereocenters. The molecule has 38 heavy (non-hydrogen) atoms. The first kappa shape index (κ1) is 28.8. The highest BCUT2D eigenvalue weighted by Gasteiger charge is 2.39. The molecule has 0 radical (unpaired) electrons. The molecule has 8 nitrogen and oxygen atoms in total. The zero-order valence-corrected chi connectivity index (χ0v) is 21.7. The Morgan fingerprint density at radius 1 is 1.08 bits per heavy atom. The fourth-order valence-corrected chi connectivity index (χ4v) is 4.03. The number of hydrogen-bond donors (Lipinski definition) is 1. The van der Waals surface area contributed by atoms with Crippen LogP contribution < -0.4 is 14.2 Å². The topological polar surface area (TPSA) is 107 Å². The van der Waals surface area contributed by atoms with E-state index in [0.717, 1.165) is 24.3 Å². The van der Waals surface area contributed by atoms with Crippen molar-refractivity contribution in [3.63, 3.8) is 0 Å². The summed E-state index contributed by atoms with van der Waals surface area (Å²) in [5, 5.41) is -0.463. The van der Waals surface area contributed by atoms with Crippen LogP contribution in [0.3, 0.4) is 0 Å². The number of rotatable bonds is 9. The number of benzene rings is 1. The number of alkyl halides is 3. The van der Waals surface area contributed by atoms with Crippen LogP contribution in [0.2, 0.25) is 0 Å². The van der Waals surface area contributed by atoms with E-state index in [4.69, 9.17) is 9.47 Å². The Morgan fingerprint density at radius 3 is 2.42 bits per heavy atom. The summed E-state index contributed by atoms with van der Waals surface area (Å²) < 4.78 is 91.5. The molecule has 0 aliphatic carbocycles. The molecule has 1 atom stereocenters. The minimum atomic E-state index is -4.82. The van der Waals surface area contributed by atoms with E-state index in [1.54, 1.807) is 17.7 Å². The SMILES string of the molecule is Cc1cccc(S(=O)(=O)NC(=O)c2ccc(-c3cc(F)cc(OCC(C)C)c3)nc2OC(C)C(F)(F)F)n1.[HH].[HH]. The normalized spacial score (nSPS) is 12.8. The third-order valence-corrected chi connectivity index (χ3v) is 6.20. The number of pyridine rings is 2. The third-order valence-electron chi connectivity index (χ3n) is 4.97. The molecule has 2 aromatic heterocycles. The van der Waals surface area contributed by atoms with Gasteiger partial charge in [0.15, 0.2) is 11.1 Å². The molecule has 1 amide bonds. The molecule has 1 aromatic carbocycles. The first-order valence-electron chi connectivity index (χ1n) is 11.3. The van der Waals surface area contributed by atoms with Gasteiger partial charge in [-0.15, -0.1) is 0 Å². The Kier molecular flexibility index (Phi) is 8.60. The predicted octanol–water partition coefficient (Wildman–Crippen LogP) is 5.57. The zero-order chi connectivity index (χ0) is 28.3. The summed E-state index contributed by atoms with van der Waals surface area (Å²) >= 11 is 0. The summed E-state index contributed by atoms with van der Waals surface area (Å²) in [5.41, 5.74) is -0.130. The van der Waals surface area contributed by atoms with Gasteiger partial charge in [-0.1, -0.05) is 19.9 Å². The molecular formula is C25H29F4N3O5S. The van der Waals surface area contributed by atoms with Crippen molar-refractivity contribution in [3.8, 4) is 22.9 Å². The molecular weight excluding hydrogens is 530 g/mol. The fourth-order valence-electron chi connectivity index (χ4n) is 3.05. The van der Waals surface area contributed by atoms with Crippen molar-refractivity contribution in [1.82, 2.24) is 14.7 Å². The Labute approximate surface area is 220 Å². The number of aromatic nitrogens is 2. The Balaban J connectivity index is 0.00000400. The second-order valence-corrected chi connectivity index (χ2v) is 10.4. The first-order chi connectivity index (χ1) is 17.7. The number of amides is 1. The molecule has 13 heteroatoms. The van der Waals surface area contributed by atoms with Crippen LogP contribution in [0.5, 0.6) is 11.6 Å². The van der Waals surface area contributed by atoms with E-state index in [1.807, 2.05) is 13.8 Å². The summed E-state index contributed by atoms with van der Waals surface area (Å²) in [6.07, 6.45) is -7.22. The molecule has 0 aliphatic rings. The summed E-state index contributed by atoms with van der Waals surface area (Å²) in [4.78, 5) is 20.7. The number of hydrogen-bond acceptors (Lipinski definition) is 7. The summed E-state index contributed by atoms with van der Waals surface area (Å²) in [5.74, 6) is -2.47. The van der Waals surface area contributed by atoms with Crippen LogP contribution in [0.1, 0.15) is 39.7 Å². The first-order valence-corrected chi connectivity index (χ1v) is 12.8. The molecule has 0 aliphatic heterocycles. The predicted molar refractivity (Wildman–Crippen MR) is 134 cm³/mol. The van der Waals surface area contributed by atoms with E-state index in [0.29, 0.717) is 12.6 Å². The molecule has 208 valence electrons. The van der Waals surface area contributed by atoms with Crippen molar-refractivity contribution in [3.05, 3.63) is 65.6 Å². The lowest BCUT2D eigenvalue weighted by molar-refractivity contribution is -0.190. The van der Waals surface area contributed by atoms with Gasteiger partial charge >= 0.3 is 6.18 Å².